The number of hydrogen-bond acceptors (Lipinski definition) is 2. The number of aromatic hydroxyl groups is 1. The third-order valence-electron chi connectivity index (χ3n) is 2.43. The van der Waals surface area contributed by atoms with Gasteiger partial charge in [-0.15, -0.1) is 11.3 Å². The molecule has 1 N–H and O–H groups in total. The Bertz CT molecular complexity index is 657. The zero-order valence-corrected chi connectivity index (χ0v) is 9.27. The molecule has 0 saturated carbocycles. The number of halogens is 1. The van der Waals surface area contributed by atoms with Crippen LogP contribution in [0.4, 0.5) is 0 Å². The number of rotatable bonds is 0. The lowest BCUT2D eigenvalue weighted by atomic mass is 10.1. The molecule has 0 aliphatic carbocycles. The van der Waals surface area contributed by atoms with E-state index in [1.807, 2.05) is 24.3 Å². The molecular formula is C12H7ClOS. The summed E-state index contributed by atoms with van der Waals surface area (Å²) in [5, 5.41) is 12.3. The van der Waals surface area contributed by atoms with Crippen molar-refractivity contribution in [3.8, 4) is 5.75 Å². The summed E-state index contributed by atoms with van der Waals surface area (Å²) in [4.78, 5) is 0. The zero-order chi connectivity index (χ0) is 10.4. The van der Waals surface area contributed by atoms with Gasteiger partial charge in [0.2, 0.25) is 0 Å². The topological polar surface area (TPSA) is 20.2 Å². The Morgan fingerprint density at radius 1 is 1.07 bits per heavy atom. The number of phenolic OH excluding ortho intramolecular Hbond substituents is 1. The number of hydrogen-bond donors (Lipinski definition) is 1. The number of thiophene rings is 1. The Morgan fingerprint density at radius 3 is 2.80 bits per heavy atom. The third-order valence-corrected chi connectivity index (χ3v) is 3.88. The highest BCUT2D eigenvalue weighted by molar-refractivity contribution is 7.25. The molecule has 15 heavy (non-hydrogen) atoms. The van der Waals surface area contributed by atoms with E-state index < -0.39 is 0 Å². The van der Waals surface area contributed by atoms with Crippen molar-refractivity contribution >= 4 is 43.1 Å². The standard InChI is InChI=1S/C12H7ClOS/c13-9-2-1-3-11-12(9)8-6-7(14)4-5-10(8)15-11/h1-6,14H. The Hall–Kier alpha value is -1.25. The molecule has 1 heterocycles. The molecule has 3 heteroatoms. The average molecular weight is 235 g/mol. The van der Waals surface area contributed by atoms with E-state index in [-0.39, 0.29) is 5.75 Å². The predicted octanol–water partition coefficient (Wildman–Crippen LogP) is 4.41. The Kier molecular flexibility index (Phi) is 1.87. The second kappa shape index (κ2) is 3.12. The molecule has 0 radical (unpaired) electrons. The van der Waals surface area contributed by atoms with Gasteiger partial charge in [0.1, 0.15) is 5.75 Å². The van der Waals surface area contributed by atoms with Gasteiger partial charge in [0.15, 0.2) is 0 Å². The van der Waals surface area contributed by atoms with E-state index in [1.54, 1.807) is 23.5 Å². The van der Waals surface area contributed by atoms with Crippen LogP contribution in [0.1, 0.15) is 0 Å². The lowest BCUT2D eigenvalue weighted by molar-refractivity contribution is 0.476. The van der Waals surface area contributed by atoms with Crippen LogP contribution in [0.5, 0.6) is 5.75 Å². The molecule has 74 valence electrons. The van der Waals surface area contributed by atoms with Crippen LogP contribution in [0, 0.1) is 0 Å². The van der Waals surface area contributed by atoms with Crippen molar-refractivity contribution in [2.75, 3.05) is 0 Å². The molecule has 3 rings (SSSR count). The van der Waals surface area contributed by atoms with Crippen LogP contribution in [-0.2, 0) is 0 Å². The monoisotopic (exact) mass is 234 g/mol. The van der Waals surface area contributed by atoms with E-state index in [0.717, 1.165) is 25.2 Å². The van der Waals surface area contributed by atoms with Crippen molar-refractivity contribution in [3.05, 3.63) is 41.4 Å². The van der Waals surface area contributed by atoms with E-state index in [2.05, 4.69) is 0 Å². The Labute approximate surface area is 95.5 Å². The first-order chi connectivity index (χ1) is 7.25. The van der Waals surface area contributed by atoms with Crippen LogP contribution < -0.4 is 0 Å². The van der Waals surface area contributed by atoms with E-state index in [4.69, 9.17) is 11.6 Å². The van der Waals surface area contributed by atoms with Gasteiger partial charge >= 0.3 is 0 Å². The second-order valence-electron chi connectivity index (χ2n) is 3.40. The van der Waals surface area contributed by atoms with Gasteiger partial charge in [0.25, 0.3) is 0 Å². The van der Waals surface area contributed by atoms with Gasteiger partial charge in [-0.05, 0) is 30.3 Å². The molecule has 2 aromatic carbocycles. The molecule has 0 aliphatic heterocycles. The van der Waals surface area contributed by atoms with Gasteiger partial charge in [0, 0.05) is 25.2 Å². The van der Waals surface area contributed by atoms with Gasteiger partial charge in [-0.25, -0.2) is 0 Å². The maximum Gasteiger partial charge on any atom is 0.116 e. The fraction of sp³-hybridized carbons (Fsp3) is 0. The smallest absolute Gasteiger partial charge is 0.116 e. The Balaban J connectivity index is 2.61. The third kappa shape index (κ3) is 1.29. The average Bonchev–Trinajstić information content (AvgIpc) is 2.57. The molecular weight excluding hydrogens is 228 g/mol. The second-order valence-corrected chi connectivity index (χ2v) is 4.89. The summed E-state index contributed by atoms with van der Waals surface area (Å²) in [6.07, 6.45) is 0. The van der Waals surface area contributed by atoms with Gasteiger partial charge in [-0.3, -0.25) is 0 Å². The highest BCUT2D eigenvalue weighted by atomic mass is 35.5. The summed E-state index contributed by atoms with van der Waals surface area (Å²) in [5.74, 6) is 0.280. The minimum atomic E-state index is 0.280. The van der Waals surface area contributed by atoms with Crippen LogP contribution in [-0.4, -0.2) is 5.11 Å². The normalized spacial score (nSPS) is 11.3. The maximum atomic E-state index is 9.46. The van der Waals surface area contributed by atoms with Crippen LogP contribution >= 0.6 is 22.9 Å². The minimum Gasteiger partial charge on any atom is -0.508 e. The van der Waals surface area contributed by atoms with Gasteiger partial charge in [0.05, 0.1) is 0 Å². The number of fused-ring (bicyclic) bond motifs is 3. The number of phenols is 1. The van der Waals surface area contributed by atoms with Crippen molar-refractivity contribution in [2.24, 2.45) is 0 Å². The fourth-order valence-corrected chi connectivity index (χ4v) is 3.22. The highest BCUT2D eigenvalue weighted by Crippen LogP contribution is 2.39. The largest absolute Gasteiger partial charge is 0.508 e. The van der Waals surface area contributed by atoms with E-state index >= 15 is 0 Å². The molecule has 0 saturated heterocycles. The molecule has 0 fully saturated rings. The van der Waals surface area contributed by atoms with Gasteiger partial charge < -0.3 is 5.11 Å². The lowest BCUT2D eigenvalue weighted by Gasteiger charge is -1.95. The van der Waals surface area contributed by atoms with Gasteiger partial charge in [-0.1, -0.05) is 17.7 Å². The van der Waals surface area contributed by atoms with Crippen LogP contribution in [0.15, 0.2) is 36.4 Å². The first-order valence-electron chi connectivity index (χ1n) is 4.55. The summed E-state index contributed by atoms with van der Waals surface area (Å²) in [6, 6.07) is 11.3. The van der Waals surface area contributed by atoms with Crippen LogP contribution in [0.2, 0.25) is 5.02 Å². The first-order valence-corrected chi connectivity index (χ1v) is 5.75. The van der Waals surface area contributed by atoms with Crippen molar-refractivity contribution in [2.45, 2.75) is 0 Å². The van der Waals surface area contributed by atoms with Gasteiger partial charge in [-0.2, -0.15) is 0 Å². The highest BCUT2D eigenvalue weighted by Gasteiger charge is 2.08. The summed E-state index contributed by atoms with van der Waals surface area (Å²) in [7, 11) is 0. The molecule has 0 bridgehead atoms. The van der Waals surface area contributed by atoms with Crippen molar-refractivity contribution < 1.29 is 5.11 Å². The van der Waals surface area contributed by atoms with Crippen molar-refractivity contribution in [3.63, 3.8) is 0 Å². The molecule has 0 spiro atoms. The van der Waals surface area contributed by atoms with E-state index in [1.165, 1.54) is 0 Å². The molecule has 0 unspecified atom stereocenters. The molecule has 1 nitrogen and oxygen atoms in total. The first kappa shape index (κ1) is 9.01. The molecule has 0 aliphatic rings. The number of benzene rings is 2. The SMILES string of the molecule is Oc1ccc2sc3cccc(Cl)c3c2c1. The quantitative estimate of drug-likeness (QED) is 0.611. The zero-order valence-electron chi connectivity index (χ0n) is 7.70. The summed E-state index contributed by atoms with van der Waals surface area (Å²) < 4.78 is 2.30. The van der Waals surface area contributed by atoms with E-state index in [9.17, 15) is 5.11 Å². The van der Waals surface area contributed by atoms with E-state index in [0.29, 0.717) is 0 Å². The van der Waals surface area contributed by atoms with Crippen molar-refractivity contribution in [1.82, 2.24) is 0 Å². The molecule has 0 atom stereocenters. The summed E-state index contributed by atoms with van der Waals surface area (Å²) in [5.41, 5.74) is 0. The fourth-order valence-electron chi connectivity index (χ4n) is 1.77. The Morgan fingerprint density at radius 2 is 1.93 bits per heavy atom. The summed E-state index contributed by atoms with van der Waals surface area (Å²) in [6.45, 7) is 0. The maximum absolute atomic E-state index is 9.46. The summed E-state index contributed by atoms with van der Waals surface area (Å²) >= 11 is 7.84. The van der Waals surface area contributed by atoms with Crippen LogP contribution in [0.3, 0.4) is 0 Å². The van der Waals surface area contributed by atoms with Crippen molar-refractivity contribution in [1.29, 1.82) is 0 Å². The molecule has 1 aromatic heterocycles. The molecule has 0 amide bonds. The molecule has 3 aromatic rings. The van der Waals surface area contributed by atoms with Crippen LogP contribution in [0.25, 0.3) is 20.2 Å². The predicted molar refractivity (Wildman–Crippen MR) is 66.0 cm³/mol. The lowest BCUT2D eigenvalue weighted by Crippen LogP contribution is -1.68. The minimum absolute atomic E-state index is 0.280.